The Hall–Kier alpha value is -0.240. The molecule has 0 radical (unpaired) electrons. The molecule has 0 aliphatic rings. The van der Waals surface area contributed by atoms with Crippen molar-refractivity contribution in [3.8, 4) is 0 Å². The van der Waals surface area contributed by atoms with Crippen molar-refractivity contribution in [3.05, 3.63) is 0 Å². The maximum Gasteiger partial charge on any atom is 0.224 e. The van der Waals surface area contributed by atoms with Crippen LogP contribution in [0, 0.1) is 11.8 Å². The molecule has 0 fully saturated rings. The standard InChI is InChI=1S/C10H20ClNO/c1-5-7(2)9(4)12-10(13)8(3)6-11/h7-9H,5-6H2,1-4H3,(H,12,13). The van der Waals surface area contributed by atoms with E-state index in [0.717, 1.165) is 6.42 Å². The summed E-state index contributed by atoms with van der Waals surface area (Å²) in [5.74, 6) is 0.876. The molecule has 0 aromatic carbocycles. The first-order valence-corrected chi connectivity index (χ1v) is 5.42. The minimum absolute atomic E-state index is 0.0581. The summed E-state index contributed by atoms with van der Waals surface area (Å²) in [6.07, 6.45) is 1.08. The van der Waals surface area contributed by atoms with E-state index in [9.17, 15) is 4.79 Å². The van der Waals surface area contributed by atoms with Crippen LogP contribution in [-0.2, 0) is 4.79 Å². The number of alkyl halides is 1. The highest BCUT2D eigenvalue weighted by Crippen LogP contribution is 2.08. The van der Waals surface area contributed by atoms with E-state index in [-0.39, 0.29) is 17.9 Å². The minimum Gasteiger partial charge on any atom is -0.353 e. The third kappa shape index (κ3) is 4.51. The molecule has 0 aliphatic heterocycles. The molecule has 1 amide bonds. The molecule has 0 saturated carbocycles. The van der Waals surface area contributed by atoms with Gasteiger partial charge in [-0.2, -0.15) is 0 Å². The second-order valence-electron chi connectivity index (χ2n) is 3.74. The molecule has 13 heavy (non-hydrogen) atoms. The zero-order valence-electron chi connectivity index (χ0n) is 8.93. The zero-order valence-corrected chi connectivity index (χ0v) is 9.69. The van der Waals surface area contributed by atoms with Crippen molar-refractivity contribution in [2.24, 2.45) is 11.8 Å². The summed E-state index contributed by atoms with van der Waals surface area (Å²) in [7, 11) is 0. The van der Waals surface area contributed by atoms with Gasteiger partial charge in [0.2, 0.25) is 5.91 Å². The predicted molar refractivity (Wildman–Crippen MR) is 56.9 cm³/mol. The van der Waals surface area contributed by atoms with Crippen LogP contribution in [-0.4, -0.2) is 17.8 Å². The van der Waals surface area contributed by atoms with Gasteiger partial charge in [-0.25, -0.2) is 0 Å². The van der Waals surface area contributed by atoms with Crippen LogP contribution in [0.5, 0.6) is 0 Å². The molecule has 0 bridgehead atoms. The van der Waals surface area contributed by atoms with Crippen molar-refractivity contribution in [1.29, 1.82) is 0 Å². The van der Waals surface area contributed by atoms with Gasteiger partial charge in [0, 0.05) is 17.8 Å². The van der Waals surface area contributed by atoms with Gasteiger partial charge in [-0.3, -0.25) is 4.79 Å². The van der Waals surface area contributed by atoms with Crippen molar-refractivity contribution in [2.75, 3.05) is 5.88 Å². The van der Waals surface area contributed by atoms with E-state index in [0.29, 0.717) is 11.8 Å². The van der Waals surface area contributed by atoms with E-state index < -0.39 is 0 Å². The van der Waals surface area contributed by atoms with E-state index in [1.54, 1.807) is 0 Å². The van der Waals surface area contributed by atoms with Gasteiger partial charge in [0.1, 0.15) is 0 Å². The number of carbonyl (C=O) groups is 1. The van der Waals surface area contributed by atoms with Crippen molar-refractivity contribution < 1.29 is 4.79 Å². The van der Waals surface area contributed by atoms with Crippen LogP contribution in [0.15, 0.2) is 0 Å². The van der Waals surface area contributed by atoms with Crippen LogP contribution in [0.4, 0.5) is 0 Å². The summed E-state index contributed by atoms with van der Waals surface area (Å²) >= 11 is 5.58. The summed E-state index contributed by atoms with van der Waals surface area (Å²) in [4.78, 5) is 11.4. The Balaban J connectivity index is 3.91. The highest BCUT2D eigenvalue weighted by atomic mass is 35.5. The van der Waals surface area contributed by atoms with Gasteiger partial charge in [-0.05, 0) is 12.8 Å². The van der Waals surface area contributed by atoms with Gasteiger partial charge in [-0.1, -0.05) is 27.2 Å². The summed E-state index contributed by atoms with van der Waals surface area (Å²) in [5, 5.41) is 2.96. The Kier molecular flexibility index (Phi) is 6.13. The smallest absolute Gasteiger partial charge is 0.224 e. The highest BCUT2D eigenvalue weighted by Gasteiger charge is 2.16. The van der Waals surface area contributed by atoms with Crippen molar-refractivity contribution in [1.82, 2.24) is 5.32 Å². The van der Waals surface area contributed by atoms with Crippen LogP contribution in [0.25, 0.3) is 0 Å². The maximum absolute atomic E-state index is 11.4. The maximum atomic E-state index is 11.4. The monoisotopic (exact) mass is 205 g/mol. The lowest BCUT2D eigenvalue weighted by atomic mass is 10.0. The minimum atomic E-state index is -0.0897. The molecule has 3 atom stereocenters. The molecule has 0 rings (SSSR count). The summed E-state index contributed by atoms with van der Waals surface area (Å²) in [5.41, 5.74) is 0. The second-order valence-corrected chi connectivity index (χ2v) is 4.05. The predicted octanol–water partition coefficient (Wildman–Crippen LogP) is 2.41. The number of carbonyl (C=O) groups excluding carboxylic acids is 1. The summed E-state index contributed by atoms with van der Waals surface area (Å²) in [6, 6.07) is 0.239. The third-order valence-corrected chi connectivity index (χ3v) is 3.01. The lowest BCUT2D eigenvalue weighted by Crippen LogP contribution is -2.40. The second kappa shape index (κ2) is 6.25. The Morgan fingerprint density at radius 2 is 1.92 bits per heavy atom. The van der Waals surface area contributed by atoms with Gasteiger partial charge in [0.15, 0.2) is 0 Å². The number of hydrogen-bond donors (Lipinski definition) is 1. The molecule has 3 unspecified atom stereocenters. The number of halogens is 1. The molecule has 0 aliphatic carbocycles. The molecule has 0 saturated heterocycles. The average Bonchev–Trinajstić information content (AvgIpc) is 2.14. The Morgan fingerprint density at radius 3 is 2.31 bits per heavy atom. The van der Waals surface area contributed by atoms with Gasteiger partial charge >= 0.3 is 0 Å². The SMILES string of the molecule is CCC(C)C(C)NC(=O)C(C)CCl. The van der Waals surface area contributed by atoms with Crippen molar-refractivity contribution >= 4 is 17.5 Å². The van der Waals surface area contributed by atoms with E-state index in [2.05, 4.69) is 19.2 Å². The Labute approximate surface area is 86.0 Å². The van der Waals surface area contributed by atoms with E-state index >= 15 is 0 Å². The Morgan fingerprint density at radius 1 is 1.38 bits per heavy atom. The van der Waals surface area contributed by atoms with Gasteiger partial charge < -0.3 is 5.32 Å². The number of rotatable bonds is 5. The molecule has 0 aromatic heterocycles. The van der Waals surface area contributed by atoms with E-state index in [1.165, 1.54) is 0 Å². The average molecular weight is 206 g/mol. The van der Waals surface area contributed by atoms with Crippen molar-refractivity contribution in [3.63, 3.8) is 0 Å². The fourth-order valence-corrected chi connectivity index (χ4v) is 1.07. The first-order valence-electron chi connectivity index (χ1n) is 4.89. The molecule has 2 nitrogen and oxygen atoms in total. The molecular formula is C10H20ClNO. The van der Waals surface area contributed by atoms with E-state index in [1.807, 2.05) is 13.8 Å². The Bertz CT molecular complexity index is 161. The van der Waals surface area contributed by atoms with E-state index in [4.69, 9.17) is 11.6 Å². The first-order chi connectivity index (χ1) is 6.02. The molecule has 1 N–H and O–H groups in total. The fraction of sp³-hybridized carbons (Fsp3) is 0.900. The largest absolute Gasteiger partial charge is 0.353 e. The topological polar surface area (TPSA) is 29.1 Å². The third-order valence-electron chi connectivity index (χ3n) is 2.55. The lowest BCUT2D eigenvalue weighted by molar-refractivity contribution is -0.124. The van der Waals surface area contributed by atoms with Crippen LogP contribution in [0.3, 0.4) is 0 Å². The van der Waals surface area contributed by atoms with Gasteiger partial charge in [0.05, 0.1) is 0 Å². The number of amides is 1. The summed E-state index contributed by atoms with van der Waals surface area (Å²) in [6.45, 7) is 8.13. The first kappa shape index (κ1) is 12.8. The van der Waals surface area contributed by atoms with Crippen LogP contribution < -0.4 is 5.32 Å². The summed E-state index contributed by atoms with van der Waals surface area (Å²) < 4.78 is 0. The van der Waals surface area contributed by atoms with Crippen LogP contribution in [0.2, 0.25) is 0 Å². The van der Waals surface area contributed by atoms with Gasteiger partial charge in [0.25, 0.3) is 0 Å². The quantitative estimate of drug-likeness (QED) is 0.687. The van der Waals surface area contributed by atoms with Crippen LogP contribution in [0.1, 0.15) is 34.1 Å². The normalized spacial score (nSPS) is 17.6. The molecule has 78 valence electrons. The highest BCUT2D eigenvalue weighted by molar-refractivity contribution is 6.19. The fourth-order valence-electron chi connectivity index (χ4n) is 0.933. The zero-order chi connectivity index (χ0) is 10.4. The number of nitrogens with one attached hydrogen (secondary N) is 1. The van der Waals surface area contributed by atoms with Crippen molar-refractivity contribution in [2.45, 2.75) is 40.2 Å². The number of hydrogen-bond acceptors (Lipinski definition) is 1. The molecule has 0 spiro atoms. The molecule has 0 heterocycles. The molecule has 0 aromatic rings. The van der Waals surface area contributed by atoms with Crippen LogP contribution >= 0.6 is 11.6 Å². The lowest BCUT2D eigenvalue weighted by Gasteiger charge is -2.21. The van der Waals surface area contributed by atoms with Gasteiger partial charge in [-0.15, -0.1) is 11.6 Å². The molecular weight excluding hydrogens is 186 g/mol. The molecule has 3 heteroatoms.